The highest BCUT2D eigenvalue weighted by atomic mass is 16.2. The summed E-state index contributed by atoms with van der Waals surface area (Å²) in [5.41, 5.74) is 5.46. The lowest BCUT2D eigenvalue weighted by atomic mass is 10.2. The van der Waals surface area contributed by atoms with Crippen LogP contribution in [0, 0.1) is 5.92 Å². The van der Waals surface area contributed by atoms with Gasteiger partial charge in [-0.1, -0.05) is 6.92 Å². The van der Waals surface area contributed by atoms with Crippen LogP contribution in [0.2, 0.25) is 0 Å². The summed E-state index contributed by atoms with van der Waals surface area (Å²) in [7, 11) is 0. The Morgan fingerprint density at radius 2 is 2.45 bits per heavy atom. The summed E-state index contributed by atoms with van der Waals surface area (Å²) in [6, 6.07) is 0. The summed E-state index contributed by atoms with van der Waals surface area (Å²) in [5, 5.41) is 0. The van der Waals surface area contributed by atoms with Crippen molar-refractivity contribution in [1.29, 1.82) is 0 Å². The first kappa shape index (κ1) is 8.53. The summed E-state index contributed by atoms with van der Waals surface area (Å²) in [6.07, 6.45) is 1.76. The fourth-order valence-electron chi connectivity index (χ4n) is 1.35. The van der Waals surface area contributed by atoms with Crippen molar-refractivity contribution in [3.05, 3.63) is 0 Å². The second-order valence-corrected chi connectivity index (χ2v) is 3.28. The molecule has 1 rings (SSSR count). The van der Waals surface area contributed by atoms with Gasteiger partial charge in [0.05, 0.1) is 0 Å². The van der Waals surface area contributed by atoms with Crippen LogP contribution in [0.4, 0.5) is 0 Å². The van der Waals surface area contributed by atoms with Gasteiger partial charge in [-0.2, -0.15) is 0 Å². The molecule has 1 fully saturated rings. The van der Waals surface area contributed by atoms with E-state index in [4.69, 9.17) is 5.73 Å². The molecule has 1 atom stereocenters. The lowest BCUT2D eigenvalue weighted by molar-refractivity contribution is -0.128. The quantitative estimate of drug-likeness (QED) is 0.634. The highest BCUT2D eigenvalue weighted by Gasteiger charge is 2.20. The topological polar surface area (TPSA) is 46.3 Å². The number of carbonyl (C=O) groups is 1. The van der Waals surface area contributed by atoms with Crippen molar-refractivity contribution in [3.8, 4) is 0 Å². The van der Waals surface area contributed by atoms with Crippen molar-refractivity contribution in [2.24, 2.45) is 11.7 Å². The number of hydrogen-bond donors (Lipinski definition) is 1. The van der Waals surface area contributed by atoms with Crippen LogP contribution in [0.25, 0.3) is 0 Å². The number of carbonyl (C=O) groups excluding carboxylic acids is 1. The molecule has 11 heavy (non-hydrogen) atoms. The van der Waals surface area contributed by atoms with Crippen LogP contribution in [0.5, 0.6) is 0 Å². The minimum Gasteiger partial charge on any atom is -0.342 e. The van der Waals surface area contributed by atoms with Crippen molar-refractivity contribution in [1.82, 2.24) is 4.90 Å². The number of nitrogens with zero attached hydrogens (tertiary/aromatic N) is 1. The van der Waals surface area contributed by atoms with Gasteiger partial charge in [-0.3, -0.25) is 4.79 Å². The molecule has 3 heteroatoms. The first-order chi connectivity index (χ1) is 5.24. The fourth-order valence-corrected chi connectivity index (χ4v) is 1.35. The molecule has 1 aliphatic rings. The van der Waals surface area contributed by atoms with Gasteiger partial charge in [-0.25, -0.2) is 0 Å². The van der Waals surface area contributed by atoms with Crippen molar-refractivity contribution in [2.75, 3.05) is 19.6 Å². The van der Waals surface area contributed by atoms with Gasteiger partial charge >= 0.3 is 0 Å². The number of likely N-dealkylation sites (tertiary alicyclic amines) is 1. The first-order valence-corrected chi connectivity index (χ1v) is 4.22. The molecule has 0 aliphatic carbocycles. The first-order valence-electron chi connectivity index (χ1n) is 4.22. The van der Waals surface area contributed by atoms with Crippen LogP contribution in [-0.2, 0) is 4.79 Å². The molecule has 0 bridgehead atoms. The summed E-state index contributed by atoms with van der Waals surface area (Å²) in [6.45, 7) is 4.52. The van der Waals surface area contributed by atoms with Gasteiger partial charge in [-0.05, 0) is 18.9 Å². The second kappa shape index (κ2) is 3.72. The number of nitrogens with two attached hydrogens (primary N) is 1. The van der Waals surface area contributed by atoms with E-state index in [2.05, 4.69) is 6.92 Å². The van der Waals surface area contributed by atoms with E-state index in [0.29, 0.717) is 18.4 Å². The zero-order chi connectivity index (χ0) is 8.27. The average molecular weight is 156 g/mol. The van der Waals surface area contributed by atoms with E-state index in [1.807, 2.05) is 4.90 Å². The average Bonchev–Trinajstić information content (AvgIpc) is 2.37. The number of hydrogen-bond acceptors (Lipinski definition) is 2. The van der Waals surface area contributed by atoms with Gasteiger partial charge in [0, 0.05) is 19.5 Å². The fraction of sp³-hybridized carbons (Fsp3) is 0.875. The molecule has 0 unspecified atom stereocenters. The number of amides is 1. The van der Waals surface area contributed by atoms with E-state index < -0.39 is 0 Å². The summed E-state index contributed by atoms with van der Waals surface area (Å²) in [5.74, 6) is 0.738. The van der Waals surface area contributed by atoms with Crippen molar-refractivity contribution >= 4 is 5.91 Å². The number of rotatable bonds is 3. The molecule has 1 saturated heterocycles. The highest BCUT2D eigenvalue weighted by Crippen LogP contribution is 2.11. The van der Waals surface area contributed by atoms with Crippen LogP contribution in [0.15, 0.2) is 0 Å². The van der Waals surface area contributed by atoms with E-state index in [0.717, 1.165) is 25.9 Å². The molecule has 1 heterocycles. The summed E-state index contributed by atoms with van der Waals surface area (Å²) < 4.78 is 0. The van der Waals surface area contributed by atoms with Gasteiger partial charge in [0.15, 0.2) is 0 Å². The predicted octanol–water partition coefficient (Wildman–Crippen LogP) is 0.204. The minimum atomic E-state index is 0.297. The minimum absolute atomic E-state index is 0.297. The van der Waals surface area contributed by atoms with E-state index >= 15 is 0 Å². The highest BCUT2D eigenvalue weighted by molar-refractivity contribution is 5.78. The molecule has 0 aromatic carbocycles. The van der Waals surface area contributed by atoms with Crippen LogP contribution in [-0.4, -0.2) is 30.4 Å². The Morgan fingerprint density at radius 3 is 2.91 bits per heavy atom. The van der Waals surface area contributed by atoms with E-state index in [1.165, 1.54) is 0 Å². The van der Waals surface area contributed by atoms with E-state index in [-0.39, 0.29) is 0 Å². The molecule has 0 spiro atoms. The van der Waals surface area contributed by atoms with Crippen LogP contribution in [0.1, 0.15) is 19.8 Å². The van der Waals surface area contributed by atoms with Gasteiger partial charge in [0.25, 0.3) is 0 Å². The third kappa shape index (κ3) is 2.19. The van der Waals surface area contributed by atoms with Gasteiger partial charge in [-0.15, -0.1) is 0 Å². The molecule has 3 nitrogen and oxygen atoms in total. The van der Waals surface area contributed by atoms with Gasteiger partial charge in [0.1, 0.15) is 0 Å². The molecule has 0 radical (unpaired) electrons. The molecule has 1 amide bonds. The monoisotopic (exact) mass is 156 g/mol. The molecule has 2 N–H and O–H groups in total. The Balaban J connectivity index is 2.30. The van der Waals surface area contributed by atoms with Crippen molar-refractivity contribution in [2.45, 2.75) is 19.8 Å². The molecule has 0 aromatic rings. The summed E-state index contributed by atoms with van der Waals surface area (Å²) in [4.78, 5) is 13.0. The maximum Gasteiger partial charge on any atom is 0.222 e. The molecule has 64 valence electrons. The van der Waals surface area contributed by atoms with E-state index in [1.54, 1.807) is 0 Å². The molecule has 0 saturated carbocycles. The van der Waals surface area contributed by atoms with Gasteiger partial charge < -0.3 is 10.6 Å². The molecule has 1 aliphatic heterocycles. The smallest absolute Gasteiger partial charge is 0.222 e. The van der Waals surface area contributed by atoms with Crippen LogP contribution >= 0.6 is 0 Å². The van der Waals surface area contributed by atoms with Gasteiger partial charge in [0.2, 0.25) is 5.91 Å². The Hall–Kier alpha value is -0.570. The zero-order valence-corrected chi connectivity index (χ0v) is 7.05. The van der Waals surface area contributed by atoms with Crippen molar-refractivity contribution < 1.29 is 4.79 Å². The van der Waals surface area contributed by atoms with Crippen LogP contribution < -0.4 is 5.73 Å². The third-order valence-electron chi connectivity index (χ3n) is 2.11. The van der Waals surface area contributed by atoms with Crippen molar-refractivity contribution in [3.63, 3.8) is 0 Å². The lowest BCUT2D eigenvalue weighted by Gasteiger charge is -2.19. The Labute approximate surface area is 67.5 Å². The Kier molecular flexibility index (Phi) is 2.88. The Morgan fingerprint density at radius 1 is 1.73 bits per heavy atom. The third-order valence-corrected chi connectivity index (χ3v) is 2.11. The maximum atomic E-state index is 11.1. The largest absolute Gasteiger partial charge is 0.342 e. The van der Waals surface area contributed by atoms with Crippen LogP contribution in [0.3, 0.4) is 0 Å². The zero-order valence-electron chi connectivity index (χ0n) is 7.05. The predicted molar refractivity (Wildman–Crippen MR) is 44.0 cm³/mol. The Bertz CT molecular complexity index is 147. The lowest BCUT2D eigenvalue weighted by Crippen LogP contribution is -2.32. The summed E-state index contributed by atoms with van der Waals surface area (Å²) >= 11 is 0. The normalized spacial score (nSPS) is 20.9. The molecular formula is C8H16N2O. The SMILES string of the molecule is C[C@@H](CN)CN1CCCC1=O. The molecular weight excluding hydrogens is 140 g/mol. The van der Waals surface area contributed by atoms with E-state index in [9.17, 15) is 4.79 Å². The maximum absolute atomic E-state index is 11.1. The molecule has 0 aromatic heterocycles. The second-order valence-electron chi connectivity index (χ2n) is 3.28. The standard InChI is InChI=1S/C8H16N2O/c1-7(5-9)6-10-4-2-3-8(10)11/h7H,2-6,9H2,1H3/t7-/m0/s1.